The highest BCUT2D eigenvalue weighted by atomic mass is 16.7. The summed E-state index contributed by atoms with van der Waals surface area (Å²) < 4.78 is 18.1. The number of amides is 2. The standard InChI is InChI=1S/C32H46N2O10/c1-16(14-17(2)28-18(3)23-12-13-32(41,15-35)31(6,43-23)44-28)8-9-22(37)25-27(38)26(19(4)29(39)33-7)34(30(25)40)24-11-10-21(36)20(5)42-24/h8-9,12-14,17-21,23-24,26,28,35-37,41H,10-11,15H2,1-7H3,(H,33,39)/b9-8?,16-14?,25-22-. The Hall–Kier alpha value is -2.87. The summed E-state index contributed by atoms with van der Waals surface area (Å²) in [5.41, 5.74) is -1.42. The molecule has 5 N–H and O–H groups in total. The third-order valence-corrected chi connectivity index (χ3v) is 9.48. The second kappa shape index (κ2) is 12.9. The molecular weight excluding hydrogens is 572 g/mol. The van der Waals surface area contributed by atoms with Gasteiger partial charge in [0.25, 0.3) is 5.91 Å². The van der Waals surface area contributed by atoms with Crippen LogP contribution >= 0.6 is 0 Å². The molecule has 0 radical (unpaired) electrons. The minimum atomic E-state index is -1.69. The van der Waals surface area contributed by atoms with E-state index in [9.17, 15) is 34.8 Å². The molecule has 3 saturated heterocycles. The van der Waals surface area contributed by atoms with E-state index in [1.807, 2.05) is 19.9 Å². The SMILES string of the molecule is CNC(=O)C(C)C1C(=O)/C(=C(/O)C=CC(C)=CC(C)C2OC3(C)OC(C=CC3(O)CO)C2C)C(=O)N1C1CCC(O)C(C)O1. The monoisotopic (exact) mass is 618 g/mol. The Balaban J connectivity index is 1.58. The number of nitrogens with zero attached hydrogens (tertiary/aromatic N) is 1. The lowest BCUT2D eigenvalue weighted by Gasteiger charge is -2.54. The first-order valence-electron chi connectivity index (χ1n) is 15.2. The summed E-state index contributed by atoms with van der Waals surface area (Å²) in [4.78, 5) is 41.0. The molecule has 4 rings (SSSR count). The Bertz CT molecular complexity index is 1280. The Kier molecular flexibility index (Phi) is 9.94. The van der Waals surface area contributed by atoms with Crippen LogP contribution in [0.15, 0.2) is 47.3 Å². The number of carbonyl (C=O) groups excluding carboxylic acids is 3. The molecule has 2 amide bonds. The van der Waals surface area contributed by atoms with Gasteiger partial charge in [0.05, 0.1) is 36.9 Å². The van der Waals surface area contributed by atoms with Crippen molar-refractivity contribution in [3.8, 4) is 0 Å². The van der Waals surface area contributed by atoms with Crippen molar-refractivity contribution in [2.75, 3.05) is 13.7 Å². The number of hydrogen-bond acceptors (Lipinski definition) is 10. The number of ether oxygens (including phenoxy) is 3. The molecule has 244 valence electrons. The van der Waals surface area contributed by atoms with Crippen LogP contribution in [-0.4, -0.2) is 105 Å². The summed E-state index contributed by atoms with van der Waals surface area (Å²) in [5, 5.41) is 44.3. The Morgan fingerprint density at radius 1 is 1.20 bits per heavy atom. The number of carbonyl (C=O) groups is 3. The maximum atomic E-state index is 13.6. The van der Waals surface area contributed by atoms with Gasteiger partial charge in [-0.1, -0.05) is 44.6 Å². The van der Waals surface area contributed by atoms with Crippen LogP contribution in [0.25, 0.3) is 0 Å². The van der Waals surface area contributed by atoms with Crippen LogP contribution in [0, 0.1) is 17.8 Å². The molecule has 0 aromatic carbocycles. The maximum Gasteiger partial charge on any atom is 0.264 e. The molecule has 0 aromatic heterocycles. The highest BCUT2D eigenvalue weighted by molar-refractivity contribution is 6.27. The number of hydrogen-bond donors (Lipinski definition) is 5. The molecule has 2 bridgehead atoms. The van der Waals surface area contributed by atoms with E-state index in [-0.39, 0.29) is 30.5 Å². The van der Waals surface area contributed by atoms with Crippen molar-refractivity contribution in [1.29, 1.82) is 0 Å². The topological polar surface area (TPSA) is 175 Å². The van der Waals surface area contributed by atoms with E-state index in [1.54, 1.807) is 32.9 Å². The summed E-state index contributed by atoms with van der Waals surface area (Å²) in [5.74, 6) is -5.02. The van der Waals surface area contributed by atoms with Gasteiger partial charge in [-0.05, 0) is 45.8 Å². The highest BCUT2D eigenvalue weighted by Crippen LogP contribution is 2.45. The van der Waals surface area contributed by atoms with Crippen LogP contribution in [0.1, 0.15) is 54.4 Å². The van der Waals surface area contributed by atoms with Gasteiger partial charge in [0, 0.05) is 18.9 Å². The second-order valence-electron chi connectivity index (χ2n) is 12.6. The van der Waals surface area contributed by atoms with E-state index in [1.165, 1.54) is 31.0 Å². The first kappa shape index (κ1) is 34.0. The highest BCUT2D eigenvalue weighted by Gasteiger charge is 2.57. The van der Waals surface area contributed by atoms with E-state index >= 15 is 0 Å². The number of likely N-dealkylation sites (tertiary alicyclic amines) is 1. The van der Waals surface area contributed by atoms with Crippen molar-refractivity contribution in [3.05, 3.63) is 47.3 Å². The zero-order chi connectivity index (χ0) is 32.7. The van der Waals surface area contributed by atoms with Gasteiger partial charge < -0.3 is 44.9 Å². The van der Waals surface area contributed by atoms with Gasteiger partial charge in [0.1, 0.15) is 23.6 Å². The average molecular weight is 619 g/mol. The lowest BCUT2D eigenvalue weighted by atomic mass is 9.80. The molecular formula is C32H46N2O10. The molecule has 12 nitrogen and oxygen atoms in total. The van der Waals surface area contributed by atoms with Crippen molar-refractivity contribution in [3.63, 3.8) is 0 Å². The smallest absolute Gasteiger partial charge is 0.264 e. The molecule has 4 aliphatic heterocycles. The largest absolute Gasteiger partial charge is 0.507 e. The first-order valence-corrected chi connectivity index (χ1v) is 15.2. The van der Waals surface area contributed by atoms with Crippen molar-refractivity contribution in [1.82, 2.24) is 10.2 Å². The molecule has 0 saturated carbocycles. The second-order valence-corrected chi connectivity index (χ2v) is 12.6. The minimum Gasteiger partial charge on any atom is -0.507 e. The number of Topliss-reactive ketones (excluding diaryl/α,β-unsaturated/α-hetero) is 1. The number of allylic oxidation sites excluding steroid dienone is 3. The summed E-state index contributed by atoms with van der Waals surface area (Å²) in [7, 11) is 1.44. The molecule has 0 aliphatic carbocycles. The van der Waals surface area contributed by atoms with Gasteiger partial charge in [0.15, 0.2) is 11.4 Å². The van der Waals surface area contributed by atoms with E-state index in [0.29, 0.717) is 12.0 Å². The summed E-state index contributed by atoms with van der Waals surface area (Å²) in [6.45, 7) is 9.96. The molecule has 0 spiro atoms. The van der Waals surface area contributed by atoms with Gasteiger partial charge in [-0.2, -0.15) is 0 Å². The zero-order valence-corrected chi connectivity index (χ0v) is 26.4. The number of aliphatic hydroxyl groups excluding tert-OH is 3. The Morgan fingerprint density at radius 3 is 2.50 bits per heavy atom. The van der Waals surface area contributed by atoms with Gasteiger partial charge in [-0.3, -0.25) is 14.4 Å². The van der Waals surface area contributed by atoms with Crippen molar-refractivity contribution in [2.45, 2.75) is 102 Å². The predicted molar refractivity (Wildman–Crippen MR) is 159 cm³/mol. The number of rotatable bonds is 8. The van der Waals surface area contributed by atoms with Gasteiger partial charge in [0.2, 0.25) is 11.7 Å². The molecule has 12 heteroatoms. The molecule has 11 atom stereocenters. The molecule has 0 aromatic rings. The van der Waals surface area contributed by atoms with Crippen molar-refractivity contribution in [2.24, 2.45) is 17.8 Å². The van der Waals surface area contributed by atoms with Gasteiger partial charge in [-0.25, -0.2) is 0 Å². The van der Waals surface area contributed by atoms with Crippen LogP contribution < -0.4 is 5.32 Å². The lowest BCUT2D eigenvalue weighted by molar-refractivity contribution is -0.381. The summed E-state index contributed by atoms with van der Waals surface area (Å²) >= 11 is 0. The number of nitrogens with one attached hydrogen (secondary N) is 1. The lowest BCUT2D eigenvalue weighted by Crippen LogP contribution is -2.66. The number of ketones is 1. The Labute approximate surface area is 258 Å². The van der Waals surface area contributed by atoms with Crippen LogP contribution in [0.5, 0.6) is 0 Å². The third kappa shape index (κ3) is 6.03. The van der Waals surface area contributed by atoms with Gasteiger partial charge >= 0.3 is 0 Å². The third-order valence-electron chi connectivity index (χ3n) is 9.48. The minimum absolute atomic E-state index is 0.0779. The molecule has 3 fully saturated rings. The van der Waals surface area contributed by atoms with Crippen LogP contribution in [0.3, 0.4) is 0 Å². The fourth-order valence-corrected chi connectivity index (χ4v) is 6.59. The van der Waals surface area contributed by atoms with Crippen LogP contribution in [0.4, 0.5) is 0 Å². The van der Waals surface area contributed by atoms with Crippen LogP contribution in [0.2, 0.25) is 0 Å². The molecule has 11 unspecified atom stereocenters. The number of aliphatic hydroxyl groups is 4. The van der Waals surface area contributed by atoms with Crippen molar-refractivity contribution >= 4 is 17.6 Å². The zero-order valence-electron chi connectivity index (χ0n) is 26.4. The van der Waals surface area contributed by atoms with E-state index in [2.05, 4.69) is 5.32 Å². The van der Waals surface area contributed by atoms with E-state index in [0.717, 1.165) is 0 Å². The Morgan fingerprint density at radius 2 is 1.89 bits per heavy atom. The van der Waals surface area contributed by atoms with Gasteiger partial charge in [-0.15, -0.1) is 0 Å². The summed E-state index contributed by atoms with van der Waals surface area (Å²) in [6.07, 6.45) is 5.79. The fourth-order valence-electron chi connectivity index (χ4n) is 6.59. The van der Waals surface area contributed by atoms with E-state index in [4.69, 9.17) is 14.2 Å². The fraction of sp³-hybridized carbons (Fsp3) is 0.656. The van der Waals surface area contributed by atoms with E-state index < -0.39 is 77.3 Å². The molecule has 44 heavy (non-hydrogen) atoms. The summed E-state index contributed by atoms with van der Waals surface area (Å²) in [6, 6.07) is -1.18. The molecule has 4 heterocycles. The number of fused-ring (bicyclic) bond motifs is 2. The predicted octanol–water partition coefficient (Wildman–Crippen LogP) is 1.41. The quantitative estimate of drug-likeness (QED) is 0.0880. The molecule has 4 aliphatic rings. The van der Waals surface area contributed by atoms with Crippen molar-refractivity contribution < 1.29 is 49.0 Å². The normalized spacial score (nSPS) is 40.4. The maximum absolute atomic E-state index is 13.6. The first-order chi connectivity index (χ1) is 20.6. The average Bonchev–Trinajstić information content (AvgIpc) is 3.25. The van der Waals surface area contributed by atoms with Crippen LogP contribution in [-0.2, 0) is 28.6 Å².